The van der Waals surface area contributed by atoms with Crippen molar-refractivity contribution < 1.29 is 47.6 Å². The topological polar surface area (TPSA) is 253 Å². The highest BCUT2D eigenvalue weighted by molar-refractivity contribution is 7.46. The number of nitrogens with one attached hydrogen (secondary N) is 1. The first kappa shape index (κ1) is 21.0. The van der Waals surface area contributed by atoms with E-state index >= 15 is 0 Å². The van der Waals surface area contributed by atoms with Gasteiger partial charge in [-0.25, -0.2) is 14.1 Å². The second kappa shape index (κ2) is 7.27. The van der Waals surface area contributed by atoms with E-state index in [4.69, 9.17) is 30.0 Å². The number of nitrogens with two attached hydrogens (primary N) is 1. The molecule has 1 aliphatic rings. The molecule has 3 heterocycles. The van der Waals surface area contributed by atoms with Crippen LogP contribution in [0.15, 0.2) is 11.1 Å². The van der Waals surface area contributed by atoms with Gasteiger partial charge < -0.3 is 35.2 Å². The molecule has 4 atom stereocenters. The van der Waals surface area contributed by atoms with Crippen molar-refractivity contribution in [3.63, 3.8) is 0 Å². The molecule has 4 unspecified atom stereocenters. The van der Waals surface area contributed by atoms with Gasteiger partial charge in [0.2, 0.25) is 5.95 Å². The fourth-order valence-electron chi connectivity index (χ4n) is 2.67. The summed E-state index contributed by atoms with van der Waals surface area (Å²) in [5.41, 5.74) is 4.52. The first-order chi connectivity index (χ1) is 12.9. The third-order valence-electron chi connectivity index (χ3n) is 3.70. The smallest absolute Gasteiger partial charge is 0.386 e. The van der Waals surface area contributed by atoms with Crippen LogP contribution < -0.4 is 11.3 Å². The highest BCUT2D eigenvalue weighted by Crippen LogP contribution is 2.45. The number of nitrogens with zero attached hydrogens (tertiary/aromatic N) is 3. The number of anilines is 1. The number of phosphoric ester groups is 2. The van der Waals surface area contributed by atoms with E-state index in [9.17, 15) is 19.0 Å². The summed E-state index contributed by atoms with van der Waals surface area (Å²) in [5, 5.41) is 10.4. The largest absolute Gasteiger partial charge is 0.470 e. The zero-order chi connectivity index (χ0) is 20.9. The molecule has 8 N–H and O–H groups in total. The van der Waals surface area contributed by atoms with E-state index in [0.717, 1.165) is 10.9 Å². The predicted octanol–water partition coefficient (Wildman–Crippen LogP) is -2.45. The van der Waals surface area contributed by atoms with E-state index < -0.39 is 52.4 Å². The number of aromatic amines is 1. The average Bonchev–Trinajstić information content (AvgIpc) is 3.06. The summed E-state index contributed by atoms with van der Waals surface area (Å²) in [6.45, 7) is -0.870. The summed E-state index contributed by atoms with van der Waals surface area (Å²) in [6.07, 6.45) is -5.40. The maximum absolute atomic E-state index is 11.8. The molecular formula is C10H15N5O11P2. The first-order valence-corrected chi connectivity index (χ1v) is 10.4. The second-order valence-electron chi connectivity index (χ2n) is 5.68. The molecule has 16 nitrogen and oxygen atoms in total. The van der Waals surface area contributed by atoms with Gasteiger partial charge >= 0.3 is 15.6 Å². The van der Waals surface area contributed by atoms with Crippen molar-refractivity contribution in [3.8, 4) is 0 Å². The highest BCUT2D eigenvalue weighted by atomic mass is 31.2. The van der Waals surface area contributed by atoms with Gasteiger partial charge in [0.25, 0.3) is 5.56 Å². The number of hydrogen-bond acceptors (Lipinski definition) is 10. The number of aliphatic hydroxyl groups excluding tert-OH is 1. The van der Waals surface area contributed by atoms with Crippen molar-refractivity contribution in [3.05, 3.63) is 16.7 Å². The normalized spacial score (nSPS) is 26.2. The Bertz CT molecular complexity index is 1030. The van der Waals surface area contributed by atoms with Gasteiger partial charge in [-0.15, -0.1) is 0 Å². The zero-order valence-corrected chi connectivity index (χ0v) is 15.4. The molecule has 18 heteroatoms. The third kappa shape index (κ3) is 4.47. The maximum Gasteiger partial charge on any atom is 0.470 e. The molecule has 0 bridgehead atoms. The molecule has 1 fully saturated rings. The summed E-state index contributed by atoms with van der Waals surface area (Å²) in [7, 11) is -10.1. The van der Waals surface area contributed by atoms with Crippen LogP contribution >= 0.6 is 15.6 Å². The number of aliphatic hydroxyl groups is 1. The van der Waals surface area contributed by atoms with E-state index in [-0.39, 0.29) is 17.1 Å². The SMILES string of the molecule is Nc1nc2c(ncn2C2OC(COP(=O)(O)O)C(OP(=O)(O)O)C2O)c(=O)[nH]1. The number of fused-ring (bicyclic) bond motifs is 1. The lowest BCUT2D eigenvalue weighted by Crippen LogP contribution is -2.35. The summed E-state index contributed by atoms with van der Waals surface area (Å²) in [6, 6.07) is 0. The van der Waals surface area contributed by atoms with E-state index in [1.165, 1.54) is 0 Å². The van der Waals surface area contributed by atoms with Crippen molar-refractivity contribution in [2.24, 2.45) is 0 Å². The van der Waals surface area contributed by atoms with Crippen LogP contribution in [0.1, 0.15) is 6.23 Å². The lowest BCUT2D eigenvalue weighted by Gasteiger charge is -2.20. The van der Waals surface area contributed by atoms with Crippen LogP contribution in [0.3, 0.4) is 0 Å². The summed E-state index contributed by atoms with van der Waals surface area (Å²) in [5.74, 6) is -0.267. The molecule has 0 amide bonds. The maximum atomic E-state index is 11.8. The average molecular weight is 443 g/mol. The molecule has 0 saturated carbocycles. The summed E-state index contributed by atoms with van der Waals surface area (Å²) >= 11 is 0. The molecule has 0 spiro atoms. The Kier molecular flexibility index (Phi) is 5.46. The number of hydrogen-bond donors (Lipinski definition) is 7. The molecule has 0 radical (unpaired) electrons. The highest BCUT2D eigenvalue weighted by Gasteiger charge is 2.49. The van der Waals surface area contributed by atoms with Crippen molar-refractivity contribution in [2.75, 3.05) is 12.3 Å². The lowest BCUT2D eigenvalue weighted by atomic mass is 10.1. The lowest BCUT2D eigenvalue weighted by molar-refractivity contribution is -0.0502. The van der Waals surface area contributed by atoms with E-state index in [0.29, 0.717) is 0 Å². The van der Waals surface area contributed by atoms with E-state index in [2.05, 4.69) is 24.0 Å². The Morgan fingerprint density at radius 3 is 2.57 bits per heavy atom. The van der Waals surface area contributed by atoms with Gasteiger partial charge in [-0.05, 0) is 0 Å². The van der Waals surface area contributed by atoms with Crippen LogP contribution in [0, 0.1) is 0 Å². The van der Waals surface area contributed by atoms with Gasteiger partial charge in [-0.3, -0.25) is 23.4 Å². The minimum atomic E-state index is -5.13. The van der Waals surface area contributed by atoms with Crippen molar-refractivity contribution in [2.45, 2.75) is 24.5 Å². The number of rotatable bonds is 6. The molecule has 28 heavy (non-hydrogen) atoms. The molecule has 156 valence electrons. The van der Waals surface area contributed by atoms with Gasteiger partial charge in [0.15, 0.2) is 17.4 Å². The van der Waals surface area contributed by atoms with Crippen molar-refractivity contribution >= 4 is 32.8 Å². The Morgan fingerprint density at radius 1 is 1.29 bits per heavy atom. The first-order valence-electron chi connectivity index (χ1n) is 7.35. The standard InChI is InChI=1S/C10H15N5O11P2/c11-10-13-7-4(8(17)14-10)12-2-15(7)9-5(16)6(26-28(21,22)23)3(25-9)1-24-27(18,19)20/h2-3,5-6,9,16H,1H2,(H2,18,19,20)(H2,21,22,23)(H3,11,13,14,17). The summed E-state index contributed by atoms with van der Waals surface area (Å²) < 4.78 is 37.3. The molecule has 0 aromatic carbocycles. The fourth-order valence-corrected chi connectivity index (χ4v) is 3.59. The van der Waals surface area contributed by atoms with Gasteiger partial charge in [0.05, 0.1) is 12.9 Å². The zero-order valence-electron chi connectivity index (χ0n) is 13.6. The van der Waals surface area contributed by atoms with Crippen LogP contribution in [0.5, 0.6) is 0 Å². The number of H-pyrrole nitrogens is 1. The van der Waals surface area contributed by atoms with Gasteiger partial charge in [0, 0.05) is 0 Å². The molecular weight excluding hydrogens is 428 g/mol. The minimum absolute atomic E-state index is 0.114. The Hall–Kier alpha value is -1.71. The Balaban J connectivity index is 1.97. The molecule has 2 aromatic rings. The number of aromatic nitrogens is 4. The van der Waals surface area contributed by atoms with Crippen LogP contribution in [-0.4, -0.2) is 69.1 Å². The second-order valence-corrected chi connectivity index (χ2v) is 8.11. The van der Waals surface area contributed by atoms with Gasteiger partial charge in [0.1, 0.15) is 18.3 Å². The minimum Gasteiger partial charge on any atom is -0.386 e. The predicted molar refractivity (Wildman–Crippen MR) is 87.4 cm³/mol. The van der Waals surface area contributed by atoms with Crippen LogP contribution in [-0.2, 0) is 22.9 Å². The van der Waals surface area contributed by atoms with Gasteiger partial charge in [-0.2, -0.15) is 4.98 Å². The quantitative estimate of drug-likeness (QED) is 0.229. The number of phosphoric acid groups is 2. The van der Waals surface area contributed by atoms with Crippen LogP contribution in [0.4, 0.5) is 5.95 Å². The van der Waals surface area contributed by atoms with E-state index in [1.807, 2.05) is 0 Å². The molecule has 3 rings (SSSR count). The molecule has 2 aromatic heterocycles. The third-order valence-corrected chi connectivity index (χ3v) is 4.70. The van der Waals surface area contributed by atoms with Crippen LogP contribution in [0.25, 0.3) is 11.2 Å². The van der Waals surface area contributed by atoms with Crippen molar-refractivity contribution in [1.82, 2.24) is 19.5 Å². The summed E-state index contributed by atoms with van der Waals surface area (Å²) in [4.78, 5) is 57.4. The van der Waals surface area contributed by atoms with Crippen molar-refractivity contribution in [1.29, 1.82) is 0 Å². The molecule has 0 aliphatic carbocycles. The fraction of sp³-hybridized carbons (Fsp3) is 0.500. The molecule has 1 aliphatic heterocycles. The Morgan fingerprint density at radius 2 is 1.96 bits per heavy atom. The Labute approximate surface area is 154 Å². The van der Waals surface area contributed by atoms with Gasteiger partial charge in [-0.1, -0.05) is 0 Å². The van der Waals surface area contributed by atoms with E-state index in [1.54, 1.807) is 0 Å². The number of ether oxygens (including phenoxy) is 1. The number of imidazole rings is 1. The molecule has 1 saturated heterocycles. The number of nitrogen functional groups attached to an aromatic ring is 1. The monoisotopic (exact) mass is 443 g/mol. The van der Waals surface area contributed by atoms with Crippen LogP contribution in [0.2, 0.25) is 0 Å².